The molecule has 3 rings (SSSR count). The highest BCUT2D eigenvalue weighted by atomic mass is 14.7. The van der Waals surface area contributed by atoms with Crippen molar-refractivity contribution in [2.24, 2.45) is 4.99 Å². The van der Waals surface area contributed by atoms with E-state index in [0.717, 1.165) is 0 Å². The van der Waals surface area contributed by atoms with Crippen molar-refractivity contribution in [1.29, 1.82) is 0 Å². The minimum atomic E-state index is 1.21. The molecule has 0 aliphatic carbocycles. The van der Waals surface area contributed by atoms with Crippen molar-refractivity contribution in [3.8, 4) is 11.1 Å². The van der Waals surface area contributed by atoms with E-state index in [0.29, 0.717) is 0 Å². The molecule has 2 nitrogen and oxygen atoms in total. The first-order valence-electron chi connectivity index (χ1n) is 5.31. The lowest BCUT2D eigenvalue weighted by molar-refractivity contribution is 1.40. The normalized spacial score (nSPS) is 13.4. The van der Waals surface area contributed by atoms with Gasteiger partial charge in [0.25, 0.3) is 0 Å². The van der Waals surface area contributed by atoms with E-state index < -0.39 is 0 Å². The summed E-state index contributed by atoms with van der Waals surface area (Å²) < 4.78 is 0. The molecule has 0 radical (unpaired) electrons. The van der Waals surface area contributed by atoms with Gasteiger partial charge in [0.2, 0.25) is 0 Å². The quantitative estimate of drug-likeness (QED) is 0.783. The summed E-state index contributed by atoms with van der Waals surface area (Å²) in [6.07, 6.45) is 7.76. The standard InChI is InChI=1S/C14H12N2/c1-10-4-12(11-2-3-15-7-11)6-13(5-10)14-8-16-9-14/h2-9,15H,1H3. The van der Waals surface area contributed by atoms with Gasteiger partial charge in [-0.15, -0.1) is 0 Å². The van der Waals surface area contributed by atoms with Crippen molar-refractivity contribution in [3.05, 3.63) is 54.0 Å². The Morgan fingerprint density at radius 2 is 1.88 bits per heavy atom. The fourth-order valence-electron chi connectivity index (χ4n) is 1.92. The molecule has 16 heavy (non-hydrogen) atoms. The second-order valence-electron chi connectivity index (χ2n) is 4.05. The Morgan fingerprint density at radius 1 is 1.06 bits per heavy atom. The summed E-state index contributed by atoms with van der Waals surface area (Å²) >= 11 is 0. The predicted molar refractivity (Wildman–Crippen MR) is 67.4 cm³/mol. The molecule has 1 N–H and O–H groups in total. The first kappa shape index (κ1) is 9.16. The number of H-pyrrole nitrogens is 1. The molecule has 2 heterocycles. The maximum atomic E-state index is 4.00. The summed E-state index contributed by atoms with van der Waals surface area (Å²) in [5, 5.41) is 0. The molecular formula is C14H12N2. The average molecular weight is 208 g/mol. The number of allylic oxidation sites excluding steroid dienone is 1. The Labute approximate surface area is 94.4 Å². The minimum absolute atomic E-state index is 1.21. The van der Waals surface area contributed by atoms with Crippen molar-refractivity contribution in [3.63, 3.8) is 0 Å². The Balaban J connectivity index is 2.09. The lowest BCUT2D eigenvalue weighted by atomic mass is 9.97. The highest BCUT2D eigenvalue weighted by molar-refractivity contribution is 6.14. The first-order valence-corrected chi connectivity index (χ1v) is 5.31. The van der Waals surface area contributed by atoms with Gasteiger partial charge in [0.15, 0.2) is 0 Å². The van der Waals surface area contributed by atoms with Crippen LogP contribution in [0.4, 0.5) is 0 Å². The number of nitrogens with zero attached hydrogens (tertiary/aromatic N) is 1. The number of nitrogens with one attached hydrogen (secondary N) is 1. The maximum Gasteiger partial charge on any atom is 0.0362 e. The van der Waals surface area contributed by atoms with Crippen molar-refractivity contribution in [1.82, 2.24) is 4.98 Å². The molecule has 0 bridgehead atoms. The largest absolute Gasteiger partial charge is 0.367 e. The van der Waals surface area contributed by atoms with E-state index in [4.69, 9.17) is 0 Å². The summed E-state index contributed by atoms with van der Waals surface area (Å²) in [5.74, 6) is 0. The zero-order chi connectivity index (χ0) is 11.0. The average Bonchev–Trinajstić information content (AvgIpc) is 2.66. The van der Waals surface area contributed by atoms with Gasteiger partial charge < -0.3 is 4.98 Å². The first-order chi connectivity index (χ1) is 7.83. The Hall–Kier alpha value is -2.09. The second kappa shape index (κ2) is 3.49. The smallest absolute Gasteiger partial charge is 0.0362 e. The predicted octanol–water partition coefficient (Wildman–Crippen LogP) is 3.42. The van der Waals surface area contributed by atoms with Gasteiger partial charge in [0.05, 0.1) is 0 Å². The summed E-state index contributed by atoms with van der Waals surface area (Å²) in [6.45, 7) is 2.12. The highest BCUT2D eigenvalue weighted by Crippen LogP contribution is 2.26. The zero-order valence-corrected chi connectivity index (χ0v) is 9.07. The molecular weight excluding hydrogens is 196 g/mol. The fraction of sp³-hybridized carbons (Fsp3) is 0.0714. The van der Waals surface area contributed by atoms with Gasteiger partial charge in [0, 0.05) is 30.4 Å². The van der Waals surface area contributed by atoms with E-state index in [9.17, 15) is 0 Å². The fourth-order valence-corrected chi connectivity index (χ4v) is 1.92. The van der Waals surface area contributed by atoms with Crippen LogP contribution >= 0.6 is 0 Å². The lowest BCUT2D eigenvalue weighted by Gasteiger charge is -2.10. The molecule has 2 aromatic rings. The molecule has 0 unspecified atom stereocenters. The molecule has 0 fully saturated rings. The van der Waals surface area contributed by atoms with Gasteiger partial charge in [-0.2, -0.15) is 0 Å². The van der Waals surface area contributed by atoms with E-state index in [-0.39, 0.29) is 0 Å². The van der Waals surface area contributed by atoms with E-state index in [1.807, 2.05) is 24.8 Å². The van der Waals surface area contributed by atoms with Crippen LogP contribution in [-0.4, -0.2) is 11.2 Å². The van der Waals surface area contributed by atoms with Crippen LogP contribution in [-0.2, 0) is 0 Å². The van der Waals surface area contributed by atoms with Crippen molar-refractivity contribution < 1.29 is 0 Å². The summed E-state index contributed by atoms with van der Waals surface area (Å²) in [5.41, 5.74) is 6.20. The topological polar surface area (TPSA) is 28.1 Å². The van der Waals surface area contributed by atoms with Gasteiger partial charge in [0.1, 0.15) is 0 Å². The maximum absolute atomic E-state index is 4.00. The summed E-state index contributed by atoms with van der Waals surface area (Å²) in [6, 6.07) is 8.67. The van der Waals surface area contributed by atoms with Crippen LogP contribution in [0.5, 0.6) is 0 Å². The Morgan fingerprint density at radius 3 is 2.50 bits per heavy atom. The third-order valence-electron chi connectivity index (χ3n) is 2.77. The van der Waals surface area contributed by atoms with Crippen LogP contribution in [0.2, 0.25) is 0 Å². The highest BCUT2D eigenvalue weighted by Gasteiger charge is 2.07. The number of aromatic amines is 1. The molecule has 0 saturated heterocycles. The van der Waals surface area contributed by atoms with E-state index >= 15 is 0 Å². The number of aliphatic imine (C=N–C) groups is 1. The van der Waals surface area contributed by atoms with Crippen molar-refractivity contribution >= 4 is 11.8 Å². The van der Waals surface area contributed by atoms with E-state index in [1.165, 1.54) is 27.8 Å². The molecule has 0 amide bonds. The van der Waals surface area contributed by atoms with Crippen LogP contribution in [0.25, 0.3) is 16.7 Å². The molecule has 0 saturated carbocycles. The van der Waals surface area contributed by atoms with Crippen LogP contribution in [0.1, 0.15) is 11.1 Å². The van der Waals surface area contributed by atoms with Crippen LogP contribution < -0.4 is 0 Å². The third-order valence-corrected chi connectivity index (χ3v) is 2.77. The zero-order valence-electron chi connectivity index (χ0n) is 9.07. The molecule has 1 aromatic carbocycles. The number of hydrogen-bond acceptors (Lipinski definition) is 1. The molecule has 78 valence electrons. The SMILES string of the molecule is Cc1cc(C2=CN=C2)cc(-c2cc[nH]c2)c1. The number of benzene rings is 1. The van der Waals surface area contributed by atoms with Crippen molar-refractivity contribution in [2.45, 2.75) is 6.92 Å². The Kier molecular flexibility index (Phi) is 2.00. The number of aryl methyl sites for hydroxylation is 1. The monoisotopic (exact) mass is 208 g/mol. The van der Waals surface area contributed by atoms with Gasteiger partial charge >= 0.3 is 0 Å². The molecule has 1 aromatic heterocycles. The molecule has 1 aliphatic rings. The van der Waals surface area contributed by atoms with Gasteiger partial charge in [-0.25, -0.2) is 0 Å². The third kappa shape index (κ3) is 1.48. The molecule has 0 spiro atoms. The molecule has 2 heteroatoms. The summed E-state index contributed by atoms with van der Waals surface area (Å²) in [4.78, 5) is 7.09. The number of aromatic nitrogens is 1. The van der Waals surface area contributed by atoms with Gasteiger partial charge in [-0.3, -0.25) is 4.99 Å². The molecule has 0 atom stereocenters. The number of hydrogen-bond donors (Lipinski definition) is 1. The lowest BCUT2D eigenvalue weighted by Crippen LogP contribution is -1.93. The number of rotatable bonds is 2. The van der Waals surface area contributed by atoms with Gasteiger partial charge in [-0.1, -0.05) is 12.1 Å². The second-order valence-corrected chi connectivity index (χ2v) is 4.05. The van der Waals surface area contributed by atoms with E-state index in [2.05, 4.69) is 41.2 Å². The minimum Gasteiger partial charge on any atom is -0.367 e. The van der Waals surface area contributed by atoms with Gasteiger partial charge in [-0.05, 0) is 41.3 Å². The van der Waals surface area contributed by atoms with E-state index in [1.54, 1.807) is 0 Å². The van der Waals surface area contributed by atoms with Crippen LogP contribution in [0, 0.1) is 6.92 Å². The van der Waals surface area contributed by atoms with Crippen LogP contribution in [0.15, 0.2) is 47.9 Å². The summed E-state index contributed by atoms with van der Waals surface area (Å²) in [7, 11) is 0. The van der Waals surface area contributed by atoms with Crippen molar-refractivity contribution in [2.75, 3.05) is 0 Å². The van der Waals surface area contributed by atoms with Crippen LogP contribution in [0.3, 0.4) is 0 Å². The molecule has 1 aliphatic heterocycles. The Bertz CT molecular complexity index is 575.